The standard InChI is InChI=1S/C15H16BrCl2N3/c1-8(2)14-13(16)15(19-3)21-12(20-14)7-9-10(17)5-4-6-11(9)18/h4-6,8H,7H2,1-3H3,(H,19,20,21). The van der Waals surface area contributed by atoms with Gasteiger partial charge in [0.2, 0.25) is 0 Å². The van der Waals surface area contributed by atoms with Crippen LogP contribution in [0, 0.1) is 0 Å². The Morgan fingerprint density at radius 2 is 1.81 bits per heavy atom. The van der Waals surface area contributed by atoms with Crippen LogP contribution in [0.25, 0.3) is 0 Å². The number of halogens is 3. The van der Waals surface area contributed by atoms with E-state index in [4.69, 9.17) is 23.2 Å². The van der Waals surface area contributed by atoms with Crippen LogP contribution in [0.4, 0.5) is 5.82 Å². The van der Waals surface area contributed by atoms with Crippen molar-refractivity contribution in [2.45, 2.75) is 26.2 Å². The van der Waals surface area contributed by atoms with Gasteiger partial charge in [0.1, 0.15) is 11.6 Å². The van der Waals surface area contributed by atoms with Crippen molar-refractivity contribution in [2.75, 3.05) is 12.4 Å². The van der Waals surface area contributed by atoms with Crippen LogP contribution in [0.3, 0.4) is 0 Å². The Labute approximate surface area is 143 Å². The summed E-state index contributed by atoms with van der Waals surface area (Å²) >= 11 is 16.0. The lowest BCUT2D eigenvalue weighted by atomic mass is 10.1. The third kappa shape index (κ3) is 3.68. The second-order valence-electron chi connectivity index (χ2n) is 4.97. The molecule has 21 heavy (non-hydrogen) atoms. The molecule has 0 bridgehead atoms. The van der Waals surface area contributed by atoms with Crippen molar-refractivity contribution in [3.05, 3.63) is 49.8 Å². The fraction of sp³-hybridized carbons (Fsp3) is 0.333. The van der Waals surface area contributed by atoms with Gasteiger partial charge in [-0.3, -0.25) is 0 Å². The third-order valence-corrected chi connectivity index (χ3v) is 4.59. The molecule has 0 aliphatic heterocycles. The first-order chi connectivity index (χ1) is 9.93. The van der Waals surface area contributed by atoms with E-state index < -0.39 is 0 Å². The molecule has 0 fully saturated rings. The van der Waals surface area contributed by atoms with Crippen LogP contribution in [0.5, 0.6) is 0 Å². The zero-order valence-electron chi connectivity index (χ0n) is 12.0. The van der Waals surface area contributed by atoms with Crippen LogP contribution in [0.1, 0.15) is 36.8 Å². The van der Waals surface area contributed by atoms with Gasteiger partial charge in [-0.05, 0) is 39.5 Å². The number of benzene rings is 1. The molecule has 0 aliphatic carbocycles. The Morgan fingerprint density at radius 3 is 2.33 bits per heavy atom. The lowest BCUT2D eigenvalue weighted by Crippen LogP contribution is -2.08. The predicted octanol–water partition coefficient (Wildman–Crippen LogP) is 5.30. The largest absolute Gasteiger partial charge is 0.372 e. The molecule has 2 rings (SSSR count). The number of rotatable bonds is 4. The number of nitrogens with one attached hydrogen (secondary N) is 1. The topological polar surface area (TPSA) is 37.8 Å². The highest BCUT2D eigenvalue weighted by Gasteiger charge is 2.16. The maximum atomic E-state index is 6.22. The van der Waals surface area contributed by atoms with E-state index in [-0.39, 0.29) is 5.92 Å². The van der Waals surface area contributed by atoms with Crippen LogP contribution >= 0.6 is 39.1 Å². The summed E-state index contributed by atoms with van der Waals surface area (Å²) in [5.74, 6) is 1.75. The summed E-state index contributed by atoms with van der Waals surface area (Å²) in [6, 6.07) is 5.48. The maximum Gasteiger partial charge on any atom is 0.144 e. The molecule has 1 aromatic heterocycles. The van der Waals surface area contributed by atoms with Crippen molar-refractivity contribution in [3.8, 4) is 0 Å². The van der Waals surface area contributed by atoms with Crippen LogP contribution < -0.4 is 5.32 Å². The number of nitrogens with zero attached hydrogens (tertiary/aromatic N) is 2. The van der Waals surface area contributed by atoms with Gasteiger partial charge in [0.05, 0.1) is 10.2 Å². The molecule has 6 heteroatoms. The summed E-state index contributed by atoms with van der Waals surface area (Å²) in [4.78, 5) is 9.17. The molecule has 0 aliphatic rings. The van der Waals surface area contributed by atoms with E-state index in [1.807, 2.05) is 25.2 Å². The maximum absolute atomic E-state index is 6.22. The minimum atomic E-state index is 0.287. The SMILES string of the molecule is CNc1nc(Cc2c(Cl)cccc2Cl)nc(C(C)C)c1Br. The van der Waals surface area contributed by atoms with Crippen LogP contribution in [0.2, 0.25) is 10.0 Å². The van der Waals surface area contributed by atoms with Crippen LogP contribution in [0.15, 0.2) is 22.7 Å². The first kappa shape index (κ1) is 16.5. The highest BCUT2D eigenvalue weighted by Crippen LogP contribution is 2.31. The fourth-order valence-electron chi connectivity index (χ4n) is 2.00. The molecule has 3 nitrogen and oxygen atoms in total. The molecular weight excluding hydrogens is 373 g/mol. The van der Waals surface area contributed by atoms with Crippen molar-refractivity contribution < 1.29 is 0 Å². The molecule has 1 N–H and O–H groups in total. The van der Waals surface area contributed by atoms with Crippen LogP contribution in [-0.2, 0) is 6.42 Å². The average molecular weight is 389 g/mol. The molecule has 112 valence electrons. The van der Waals surface area contributed by atoms with Gasteiger partial charge in [-0.1, -0.05) is 43.1 Å². The molecule has 1 heterocycles. The van der Waals surface area contributed by atoms with Gasteiger partial charge in [-0.15, -0.1) is 0 Å². The number of aromatic nitrogens is 2. The van der Waals surface area contributed by atoms with Gasteiger partial charge in [0.15, 0.2) is 0 Å². The zero-order chi connectivity index (χ0) is 15.6. The lowest BCUT2D eigenvalue weighted by Gasteiger charge is -2.14. The van der Waals surface area contributed by atoms with Gasteiger partial charge in [-0.25, -0.2) is 9.97 Å². The van der Waals surface area contributed by atoms with Gasteiger partial charge in [0, 0.05) is 23.5 Å². The van der Waals surface area contributed by atoms with E-state index in [9.17, 15) is 0 Å². The van der Waals surface area contributed by atoms with Gasteiger partial charge >= 0.3 is 0 Å². The van der Waals surface area contributed by atoms with Crippen molar-refractivity contribution in [1.29, 1.82) is 0 Å². The quantitative estimate of drug-likeness (QED) is 0.771. The Kier molecular flexibility index (Phi) is 5.47. The Balaban J connectivity index is 2.47. The van der Waals surface area contributed by atoms with Crippen molar-refractivity contribution in [3.63, 3.8) is 0 Å². The third-order valence-electron chi connectivity index (χ3n) is 3.10. The lowest BCUT2D eigenvalue weighted by molar-refractivity contribution is 0.785. The summed E-state index contributed by atoms with van der Waals surface area (Å²) in [6.07, 6.45) is 0.500. The minimum absolute atomic E-state index is 0.287. The second kappa shape index (κ2) is 6.95. The number of anilines is 1. The Hall–Kier alpha value is -0.840. The average Bonchev–Trinajstić information content (AvgIpc) is 2.44. The number of hydrogen-bond donors (Lipinski definition) is 1. The summed E-state index contributed by atoms with van der Waals surface area (Å²) in [5.41, 5.74) is 1.81. The zero-order valence-corrected chi connectivity index (χ0v) is 15.1. The monoisotopic (exact) mass is 387 g/mol. The molecule has 0 atom stereocenters. The highest BCUT2D eigenvalue weighted by molar-refractivity contribution is 9.10. The highest BCUT2D eigenvalue weighted by atomic mass is 79.9. The van der Waals surface area contributed by atoms with E-state index in [1.165, 1.54) is 0 Å². The molecule has 0 saturated heterocycles. The van der Waals surface area contributed by atoms with Crippen molar-refractivity contribution in [1.82, 2.24) is 9.97 Å². The van der Waals surface area contributed by atoms with E-state index in [1.54, 1.807) is 0 Å². The van der Waals surface area contributed by atoms with Gasteiger partial charge < -0.3 is 5.32 Å². The Morgan fingerprint density at radius 1 is 1.19 bits per heavy atom. The van der Waals surface area contributed by atoms with E-state index >= 15 is 0 Å². The number of hydrogen-bond acceptors (Lipinski definition) is 3. The normalized spacial score (nSPS) is 11.0. The van der Waals surface area contributed by atoms with E-state index in [0.29, 0.717) is 22.3 Å². The molecule has 1 aromatic carbocycles. The summed E-state index contributed by atoms with van der Waals surface area (Å²) < 4.78 is 0.897. The summed E-state index contributed by atoms with van der Waals surface area (Å²) in [7, 11) is 1.84. The molecule has 0 amide bonds. The van der Waals surface area contributed by atoms with E-state index in [2.05, 4.69) is 45.1 Å². The van der Waals surface area contributed by atoms with Gasteiger partial charge in [0.25, 0.3) is 0 Å². The fourth-order valence-corrected chi connectivity index (χ4v) is 3.36. The molecule has 0 saturated carbocycles. The molecule has 0 spiro atoms. The molecule has 0 radical (unpaired) electrons. The van der Waals surface area contributed by atoms with E-state index in [0.717, 1.165) is 21.5 Å². The molecular formula is C15H16BrCl2N3. The van der Waals surface area contributed by atoms with Crippen molar-refractivity contribution >= 4 is 44.9 Å². The predicted molar refractivity (Wildman–Crippen MR) is 92.6 cm³/mol. The van der Waals surface area contributed by atoms with Gasteiger partial charge in [-0.2, -0.15) is 0 Å². The Bertz CT molecular complexity index is 639. The first-order valence-corrected chi connectivity index (χ1v) is 8.15. The minimum Gasteiger partial charge on any atom is -0.372 e. The summed E-state index contributed by atoms with van der Waals surface area (Å²) in [6.45, 7) is 4.19. The summed E-state index contributed by atoms with van der Waals surface area (Å²) in [5, 5.41) is 4.34. The molecule has 0 unspecified atom stereocenters. The second-order valence-corrected chi connectivity index (χ2v) is 6.58. The first-order valence-electron chi connectivity index (χ1n) is 6.61. The van der Waals surface area contributed by atoms with Crippen molar-refractivity contribution in [2.24, 2.45) is 0 Å². The van der Waals surface area contributed by atoms with Crippen LogP contribution in [-0.4, -0.2) is 17.0 Å². The smallest absolute Gasteiger partial charge is 0.144 e. The molecule has 2 aromatic rings.